The third kappa shape index (κ3) is 2.53. The van der Waals surface area contributed by atoms with E-state index in [0.29, 0.717) is 0 Å². The molecule has 0 fully saturated rings. The zero-order valence-corrected chi connectivity index (χ0v) is 8.35. The maximum atomic E-state index is 2.96. The second kappa shape index (κ2) is 4.51. The Balaban J connectivity index is 0.000000810. The first-order valence-electron chi connectivity index (χ1n) is 2.94. The second-order valence-corrected chi connectivity index (χ2v) is 2.15. The molecule has 1 rings (SSSR count). The van der Waals surface area contributed by atoms with Gasteiger partial charge in [-0.15, -0.1) is 0 Å². The molecule has 0 aliphatic heterocycles. The van der Waals surface area contributed by atoms with Gasteiger partial charge in [-0.05, 0) is 18.2 Å². The van der Waals surface area contributed by atoms with Crippen molar-refractivity contribution >= 4 is 5.69 Å². The van der Waals surface area contributed by atoms with E-state index in [0.717, 1.165) is 0 Å². The topological polar surface area (TPSA) is 3.24 Å². The molecule has 0 heterocycles. The zero-order chi connectivity index (χ0) is 6.69. The SMILES string of the molecule is CN(C)c1cc[c]cc1.[Pt]. The molecule has 0 aliphatic carbocycles. The molecule has 0 unspecified atom stereocenters. The Morgan fingerprint density at radius 1 is 1.20 bits per heavy atom. The third-order valence-corrected chi connectivity index (χ3v) is 1.22. The summed E-state index contributed by atoms with van der Waals surface area (Å²) in [7, 11) is 4.05. The van der Waals surface area contributed by atoms with E-state index in [1.165, 1.54) is 5.69 Å². The Bertz CT molecular complexity index is 172. The van der Waals surface area contributed by atoms with Crippen LogP contribution in [-0.2, 0) is 21.1 Å². The molecule has 1 radical (unpaired) electrons. The monoisotopic (exact) mass is 315 g/mol. The third-order valence-electron chi connectivity index (χ3n) is 1.22. The average Bonchev–Trinajstić information content (AvgIpc) is 1.90. The number of anilines is 1. The summed E-state index contributed by atoms with van der Waals surface area (Å²) in [5.74, 6) is 0. The van der Waals surface area contributed by atoms with Crippen LogP contribution in [0.2, 0.25) is 0 Å². The first-order chi connectivity index (χ1) is 4.30. The average molecular weight is 315 g/mol. The van der Waals surface area contributed by atoms with E-state index in [9.17, 15) is 0 Å². The molecule has 10 heavy (non-hydrogen) atoms. The quantitative estimate of drug-likeness (QED) is 0.760. The van der Waals surface area contributed by atoms with Gasteiger partial charge in [-0.2, -0.15) is 0 Å². The molecular formula is C8H10NPt. The van der Waals surface area contributed by atoms with E-state index in [1.54, 1.807) is 0 Å². The van der Waals surface area contributed by atoms with Gasteiger partial charge in [0, 0.05) is 40.8 Å². The molecule has 57 valence electrons. The standard InChI is InChI=1S/C8H10N.Pt/c1-9(2)8-6-4-3-5-7-8;/h4-7H,1-2H3;. The van der Waals surface area contributed by atoms with Gasteiger partial charge in [-0.3, -0.25) is 0 Å². The van der Waals surface area contributed by atoms with Crippen molar-refractivity contribution < 1.29 is 21.1 Å². The number of rotatable bonds is 1. The molecule has 1 aromatic rings. The summed E-state index contributed by atoms with van der Waals surface area (Å²) < 4.78 is 0. The van der Waals surface area contributed by atoms with Crippen LogP contribution in [-0.4, -0.2) is 14.1 Å². The molecule has 0 aromatic heterocycles. The van der Waals surface area contributed by atoms with Crippen LogP contribution in [0, 0.1) is 6.07 Å². The van der Waals surface area contributed by atoms with Gasteiger partial charge in [0.15, 0.2) is 0 Å². The molecule has 2 heteroatoms. The molecule has 0 N–H and O–H groups in total. The largest absolute Gasteiger partial charge is 0.378 e. The first-order valence-corrected chi connectivity index (χ1v) is 2.94. The summed E-state index contributed by atoms with van der Waals surface area (Å²) in [5.41, 5.74) is 1.22. The van der Waals surface area contributed by atoms with Crippen molar-refractivity contribution in [2.45, 2.75) is 0 Å². The molecular weight excluding hydrogens is 305 g/mol. The normalized spacial score (nSPS) is 8.20. The summed E-state index contributed by atoms with van der Waals surface area (Å²) in [6.07, 6.45) is 0. The van der Waals surface area contributed by atoms with Crippen LogP contribution in [0.4, 0.5) is 5.69 Å². The Morgan fingerprint density at radius 3 is 2.00 bits per heavy atom. The van der Waals surface area contributed by atoms with Crippen LogP contribution in [0.5, 0.6) is 0 Å². The minimum absolute atomic E-state index is 0. The Hall–Kier alpha value is -0.292. The van der Waals surface area contributed by atoms with Crippen LogP contribution >= 0.6 is 0 Å². The predicted molar refractivity (Wildman–Crippen MR) is 39.6 cm³/mol. The molecule has 1 aromatic carbocycles. The number of benzene rings is 1. The second-order valence-electron chi connectivity index (χ2n) is 2.15. The molecule has 0 saturated carbocycles. The fraction of sp³-hybridized carbons (Fsp3) is 0.250. The van der Waals surface area contributed by atoms with E-state index in [1.807, 2.05) is 38.4 Å². The van der Waals surface area contributed by atoms with Crippen molar-refractivity contribution in [1.82, 2.24) is 0 Å². The summed E-state index contributed by atoms with van der Waals surface area (Å²) in [5, 5.41) is 0. The van der Waals surface area contributed by atoms with Crippen molar-refractivity contribution in [3.05, 3.63) is 30.3 Å². The summed E-state index contributed by atoms with van der Waals surface area (Å²) >= 11 is 0. The van der Waals surface area contributed by atoms with Gasteiger partial charge in [-0.25, -0.2) is 0 Å². The molecule has 0 spiro atoms. The van der Waals surface area contributed by atoms with Gasteiger partial charge < -0.3 is 4.90 Å². The molecule has 1 nitrogen and oxygen atoms in total. The number of hydrogen-bond donors (Lipinski definition) is 0. The van der Waals surface area contributed by atoms with Crippen molar-refractivity contribution in [3.63, 3.8) is 0 Å². The van der Waals surface area contributed by atoms with Crippen LogP contribution in [0.3, 0.4) is 0 Å². The summed E-state index contributed by atoms with van der Waals surface area (Å²) in [6.45, 7) is 0. The van der Waals surface area contributed by atoms with Crippen molar-refractivity contribution in [3.8, 4) is 0 Å². The molecule has 0 aliphatic rings. The molecule has 0 saturated heterocycles. The summed E-state index contributed by atoms with van der Waals surface area (Å²) in [6, 6.07) is 10.8. The van der Waals surface area contributed by atoms with Crippen LogP contribution in [0.25, 0.3) is 0 Å². The number of hydrogen-bond acceptors (Lipinski definition) is 1. The van der Waals surface area contributed by atoms with E-state index in [2.05, 4.69) is 11.0 Å². The van der Waals surface area contributed by atoms with Crippen molar-refractivity contribution in [2.75, 3.05) is 19.0 Å². The van der Waals surface area contributed by atoms with Gasteiger partial charge in [0.1, 0.15) is 0 Å². The van der Waals surface area contributed by atoms with E-state index in [4.69, 9.17) is 0 Å². The van der Waals surface area contributed by atoms with Crippen molar-refractivity contribution in [1.29, 1.82) is 0 Å². The van der Waals surface area contributed by atoms with E-state index >= 15 is 0 Å². The van der Waals surface area contributed by atoms with Gasteiger partial charge in [0.2, 0.25) is 0 Å². The van der Waals surface area contributed by atoms with E-state index < -0.39 is 0 Å². The molecule has 0 bridgehead atoms. The Morgan fingerprint density at radius 2 is 1.70 bits per heavy atom. The maximum absolute atomic E-state index is 2.96. The Labute approximate surface area is 76.3 Å². The maximum Gasteiger partial charge on any atom is 0.0361 e. The van der Waals surface area contributed by atoms with Crippen molar-refractivity contribution in [2.24, 2.45) is 0 Å². The fourth-order valence-corrected chi connectivity index (χ4v) is 0.676. The fourth-order valence-electron chi connectivity index (χ4n) is 0.676. The van der Waals surface area contributed by atoms with Crippen LogP contribution in [0.1, 0.15) is 0 Å². The van der Waals surface area contributed by atoms with Gasteiger partial charge >= 0.3 is 0 Å². The molecule has 0 amide bonds. The van der Waals surface area contributed by atoms with Crippen LogP contribution in [0.15, 0.2) is 24.3 Å². The summed E-state index contributed by atoms with van der Waals surface area (Å²) in [4.78, 5) is 2.06. The van der Waals surface area contributed by atoms with Gasteiger partial charge in [0.05, 0.1) is 0 Å². The zero-order valence-electron chi connectivity index (χ0n) is 6.07. The number of nitrogens with zero attached hydrogens (tertiary/aromatic N) is 1. The van der Waals surface area contributed by atoms with E-state index in [-0.39, 0.29) is 21.1 Å². The van der Waals surface area contributed by atoms with Gasteiger partial charge in [0.25, 0.3) is 0 Å². The minimum atomic E-state index is 0. The predicted octanol–water partition coefficient (Wildman–Crippen LogP) is 1.55. The smallest absolute Gasteiger partial charge is 0.0361 e. The molecule has 0 atom stereocenters. The Kier molecular flexibility index (Phi) is 4.38. The van der Waals surface area contributed by atoms with Gasteiger partial charge in [-0.1, -0.05) is 12.1 Å². The van der Waals surface area contributed by atoms with Crippen LogP contribution < -0.4 is 4.90 Å². The minimum Gasteiger partial charge on any atom is -0.378 e. The first kappa shape index (κ1) is 9.71.